The SMILES string of the molecule is CCN(CC)CCCOc1cc2nccc(Oc3ccc(NC(=O)Nc4ccccc4)cc3)c2cc1C#N. The number of nitriles is 1. The third-order valence-electron chi connectivity index (χ3n) is 6.07. The van der Waals surface area contributed by atoms with Crippen LogP contribution < -0.4 is 20.1 Å². The predicted octanol–water partition coefficient (Wildman–Crippen LogP) is 6.65. The van der Waals surface area contributed by atoms with Gasteiger partial charge >= 0.3 is 6.03 Å². The molecule has 0 unspecified atom stereocenters. The molecule has 0 bridgehead atoms. The molecule has 0 saturated carbocycles. The molecule has 0 saturated heterocycles. The minimum Gasteiger partial charge on any atom is -0.492 e. The van der Waals surface area contributed by atoms with E-state index in [1.807, 2.05) is 30.3 Å². The number of hydrogen-bond acceptors (Lipinski definition) is 6. The first-order chi connectivity index (χ1) is 18.6. The summed E-state index contributed by atoms with van der Waals surface area (Å²) in [7, 11) is 0. The van der Waals surface area contributed by atoms with Gasteiger partial charge in [-0.1, -0.05) is 32.0 Å². The predicted molar refractivity (Wildman–Crippen MR) is 150 cm³/mol. The van der Waals surface area contributed by atoms with Crippen LogP contribution in [0.4, 0.5) is 16.2 Å². The fraction of sp³-hybridized carbons (Fsp3) is 0.233. The number of nitrogens with one attached hydrogen (secondary N) is 2. The molecule has 0 aliphatic carbocycles. The van der Waals surface area contributed by atoms with Gasteiger partial charge in [0.15, 0.2) is 0 Å². The molecule has 2 N–H and O–H groups in total. The van der Waals surface area contributed by atoms with Gasteiger partial charge < -0.3 is 25.0 Å². The van der Waals surface area contributed by atoms with Crippen LogP contribution in [0.3, 0.4) is 0 Å². The normalized spacial score (nSPS) is 10.7. The van der Waals surface area contributed by atoms with Crippen LogP contribution in [-0.2, 0) is 0 Å². The maximum absolute atomic E-state index is 12.2. The van der Waals surface area contributed by atoms with E-state index in [4.69, 9.17) is 9.47 Å². The highest BCUT2D eigenvalue weighted by Crippen LogP contribution is 2.33. The molecule has 3 aromatic carbocycles. The van der Waals surface area contributed by atoms with Crippen molar-refractivity contribution in [2.75, 3.05) is 36.9 Å². The van der Waals surface area contributed by atoms with Crippen LogP contribution in [0.2, 0.25) is 0 Å². The number of amides is 2. The molecule has 0 aliphatic rings. The number of urea groups is 1. The topological polar surface area (TPSA) is 99.5 Å². The fourth-order valence-electron chi connectivity index (χ4n) is 4.00. The molecule has 8 heteroatoms. The van der Waals surface area contributed by atoms with E-state index in [0.29, 0.717) is 51.7 Å². The lowest BCUT2D eigenvalue weighted by Gasteiger charge is -2.18. The fourth-order valence-corrected chi connectivity index (χ4v) is 4.00. The Kier molecular flexibility index (Phi) is 9.11. The van der Waals surface area contributed by atoms with E-state index in [2.05, 4.69) is 40.4 Å². The molecule has 8 nitrogen and oxygen atoms in total. The number of carbonyl (C=O) groups is 1. The molecule has 194 valence electrons. The van der Waals surface area contributed by atoms with Crippen molar-refractivity contribution in [2.24, 2.45) is 0 Å². The Bertz CT molecular complexity index is 1400. The second kappa shape index (κ2) is 13.1. The summed E-state index contributed by atoms with van der Waals surface area (Å²) in [6, 6.07) is 23.5. The molecular weight excluding hydrogens is 478 g/mol. The lowest BCUT2D eigenvalue weighted by Crippen LogP contribution is -2.25. The van der Waals surface area contributed by atoms with Gasteiger partial charge in [-0.25, -0.2) is 4.79 Å². The van der Waals surface area contributed by atoms with Gasteiger partial charge in [-0.05, 0) is 68.0 Å². The van der Waals surface area contributed by atoms with Crippen LogP contribution >= 0.6 is 0 Å². The Hall–Kier alpha value is -4.61. The molecule has 4 rings (SSSR count). The Morgan fingerprint density at radius 2 is 1.66 bits per heavy atom. The molecule has 0 fully saturated rings. The monoisotopic (exact) mass is 509 g/mol. The van der Waals surface area contributed by atoms with Crippen molar-refractivity contribution in [3.05, 3.63) is 84.6 Å². The summed E-state index contributed by atoms with van der Waals surface area (Å²) in [6.45, 7) is 7.77. The summed E-state index contributed by atoms with van der Waals surface area (Å²) in [5, 5.41) is 16.0. The van der Waals surface area contributed by atoms with Crippen LogP contribution in [0.25, 0.3) is 10.9 Å². The van der Waals surface area contributed by atoms with E-state index < -0.39 is 0 Å². The van der Waals surface area contributed by atoms with Crippen molar-refractivity contribution >= 4 is 28.3 Å². The molecule has 1 aromatic heterocycles. The average molecular weight is 510 g/mol. The number of nitrogens with zero attached hydrogens (tertiary/aromatic N) is 3. The van der Waals surface area contributed by atoms with Gasteiger partial charge in [0.2, 0.25) is 0 Å². The maximum Gasteiger partial charge on any atom is 0.323 e. The first kappa shape index (κ1) is 26.5. The van der Waals surface area contributed by atoms with E-state index in [-0.39, 0.29) is 6.03 Å². The minimum atomic E-state index is -0.333. The summed E-state index contributed by atoms with van der Waals surface area (Å²) >= 11 is 0. The molecule has 0 spiro atoms. The number of hydrogen-bond donors (Lipinski definition) is 2. The third kappa shape index (κ3) is 6.99. The van der Waals surface area contributed by atoms with E-state index in [9.17, 15) is 10.1 Å². The van der Waals surface area contributed by atoms with Crippen molar-refractivity contribution in [1.82, 2.24) is 9.88 Å². The van der Waals surface area contributed by atoms with Crippen LogP contribution in [-0.4, -0.2) is 42.2 Å². The van der Waals surface area contributed by atoms with Crippen LogP contribution in [0.1, 0.15) is 25.8 Å². The van der Waals surface area contributed by atoms with Gasteiger partial charge in [-0.3, -0.25) is 4.98 Å². The second-order valence-electron chi connectivity index (χ2n) is 8.59. The van der Waals surface area contributed by atoms with Crippen molar-refractivity contribution in [3.63, 3.8) is 0 Å². The van der Waals surface area contributed by atoms with Gasteiger partial charge in [0.1, 0.15) is 23.3 Å². The Morgan fingerprint density at radius 3 is 2.34 bits per heavy atom. The van der Waals surface area contributed by atoms with Crippen molar-refractivity contribution in [1.29, 1.82) is 5.26 Å². The lowest BCUT2D eigenvalue weighted by atomic mass is 10.1. The number of aromatic nitrogens is 1. The molecule has 0 aliphatic heterocycles. The highest BCUT2D eigenvalue weighted by atomic mass is 16.5. The summed E-state index contributed by atoms with van der Waals surface area (Å²) in [5.74, 6) is 1.68. The molecule has 4 aromatic rings. The number of pyridine rings is 1. The number of carbonyl (C=O) groups excluding carboxylic acids is 1. The standard InChI is InChI=1S/C30H31N5O3/c1-3-35(4-2)17-8-18-37-29-20-27-26(19-22(29)21-31)28(15-16-32-27)38-25-13-11-24(12-14-25)34-30(36)33-23-9-6-5-7-10-23/h5-7,9-16,19-20H,3-4,8,17-18H2,1-2H3,(H2,33,34,36). The van der Waals surface area contributed by atoms with E-state index in [1.54, 1.807) is 48.7 Å². The van der Waals surface area contributed by atoms with Gasteiger partial charge in [0.05, 0.1) is 17.7 Å². The van der Waals surface area contributed by atoms with Crippen molar-refractivity contribution < 1.29 is 14.3 Å². The van der Waals surface area contributed by atoms with Crippen molar-refractivity contribution in [2.45, 2.75) is 20.3 Å². The molecule has 0 radical (unpaired) electrons. The van der Waals surface area contributed by atoms with Gasteiger partial charge in [-0.2, -0.15) is 5.26 Å². The second-order valence-corrected chi connectivity index (χ2v) is 8.59. The Balaban J connectivity index is 1.42. The number of benzene rings is 3. The van der Waals surface area contributed by atoms with Gasteiger partial charge in [0.25, 0.3) is 0 Å². The molecule has 1 heterocycles. The van der Waals surface area contributed by atoms with E-state index in [0.717, 1.165) is 26.1 Å². The van der Waals surface area contributed by atoms with Crippen LogP contribution in [0.5, 0.6) is 17.2 Å². The van der Waals surface area contributed by atoms with E-state index in [1.165, 1.54) is 0 Å². The molecular formula is C30H31N5O3. The zero-order valence-electron chi connectivity index (χ0n) is 21.6. The Labute approximate surface area is 222 Å². The quantitative estimate of drug-likeness (QED) is 0.220. The third-order valence-corrected chi connectivity index (χ3v) is 6.07. The zero-order valence-corrected chi connectivity index (χ0v) is 21.6. The summed E-state index contributed by atoms with van der Waals surface area (Å²) < 4.78 is 12.1. The maximum atomic E-state index is 12.2. The van der Waals surface area contributed by atoms with Gasteiger partial charge in [0, 0.05) is 35.6 Å². The zero-order chi connectivity index (χ0) is 26.7. The molecule has 2 amide bonds. The number of ether oxygens (including phenoxy) is 2. The first-order valence-electron chi connectivity index (χ1n) is 12.7. The van der Waals surface area contributed by atoms with E-state index >= 15 is 0 Å². The number of fused-ring (bicyclic) bond motifs is 1. The first-order valence-corrected chi connectivity index (χ1v) is 12.7. The summed E-state index contributed by atoms with van der Waals surface area (Å²) in [6.07, 6.45) is 2.54. The number of rotatable bonds is 11. The van der Waals surface area contributed by atoms with Crippen molar-refractivity contribution in [3.8, 4) is 23.3 Å². The number of para-hydroxylation sites is 1. The minimum absolute atomic E-state index is 0.333. The molecule has 38 heavy (non-hydrogen) atoms. The number of anilines is 2. The highest BCUT2D eigenvalue weighted by Gasteiger charge is 2.12. The van der Waals surface area contributed by atoms with Crippen LogP contribution in [0, 0.1) is 11.3 Å². The van der Waals surface area contributed by atoms with Gasteiger partial charge in [-0.15, -0.1) is 0 Å². The largest absolute Gasteiger partial charge is 0.492 e. The lowest BCUT2D eigenvalue weighted by molar-refractivity contribution is 0.249. The highest BCUT2D eigenvalue weighted by molar-refractivity contribution is 5.99. The Morgan fingerprint density at radius 1 is 0.947 bits per heavy atom. The average Bonchev–Trinajstić information content (AvgIpc) is 2.94. The van der Waals surface area contributed by atoms with Crippen LogP contribution in [0.15, 0.2) is 79.0 Å². The molecule has 0 atom stereocenters. The summed E-state index contributed by atoms with van der Waals surface area (Å²) in [5.41, 5.74) is 2.44. The smallest absolute Gasteiger partial charge is 0.323 e. The summed E-state index contributed by atoms with van der Waals surface area (Å²) in [4.78, 5) is 19.0.